The third-order valence-corrected chi connectivity index (χ3v) is 2.27. The first-order valence-electron chi connectivity index (χ1n) is 4.28. The zero-order chi connectivity index (χ0) is 10.1. The van der Waals surface area contributed by atoms with Gasteiger partial charge in [-0.25, -0.2) is 5.01 Å². The molecule has 0 saturated heterocycles. The molecule has 76 valence electrons. The van der Waals surface area contributed by atoms with Gasteiger partial charge in [0.1, 0.15) is 0 Å². The molecule has 0 aromatic carbocycles. The number of rotatable bonds is 1. The molecule has 0 N–H and O–H groups in total. The van der Waals surface area contributed by atoms with Gasteiger partial charge in [-0.3, -0.25) is 0 Å². The Labute approximate surface area is 75.4 Å². The number of hydrogen-bond acceptors (Lipinski definition) is 2. The maximum absolute atomic E-state index is 12.2. The molecule has 1 atom stereocenters. The maximum atomic E-state index is 12.2. The molecule has 1 heterocycles. The molecular weight excluding hydrogens is 181 g/mol. The Kier molecular flexibility index (Phi) is 2.83. The molecule has 0 saturated carbocycles. The molecule has 0 spiro atoms. The van der Waals surface area contributed by atoms with Crippen LogP contribution in [0.3, 0.4) is 0 Å². The normalized spacial score (nSPS) is 24.2. The molecule has 0 aromatic rings. The lowest BCUT2D eigenvalue weighted by Gasteiger charge is -2.31. The van der Waals surface area contributed by atoms with Gasteiger partial charge in [0.2, 0.25) is 0 Å². The van der Waals surface area contributed by atoms with Crippen LogP contribution in [0.5, 0.6) is 0 Å². The third kappa shape index (κ3) is 2.60. The molecule has 0 fully saturated rings. The summed E-state index contributed by atoms with van der Waals surface area (Å²) in [7, 11) is 0. The summed E-state index contributed by atoms with van der Waals surface area (Å²) in [5.74, 6) is 0.315. The van der Waals surface area contributed by atoms with Crippen LogP contribution in [0.4, 0.5) is 13.2 Å². The number of nitrogens with zero attached hydrogens (tertiary/aromatic N) is 2. The van der Waals surface area contributed by atoms with Gasteiger partial charge in [-0.2, -0.15) is 5.10 Å². The highest BCUT2D eigenvalue weighted by molar-refractivity contribution is 5.58. The van der Waals surface area contributed by atoms with Crippen LogP contribution in [0.15, 0.2) is 5.10 Å². The summed E-state index contributed by atoms with van der Waals surface area (Å²) in [6.45, 7) is 3.84. The molecule has 1 unspecified atom stereocenters. The number of halogens is 3. The van der Waals surface area contributed by atoms with Crippen LogP contribution in [-0.4, -0.2) is 24.1 Å². The van der Waals surface area contributed by atoms with Crippen LogP contribution in [0, 0.1) is 11.8 Å². The van der Waals surface area contributed by atoms with Gasteiger partial charge in [-0.05, 0) is 18.3 Å². The summed E-state index contributed by atoms with van der Waals surface area (Å²) < 4.78 is 36.6. The zero-order valence-electron chi connectivity index (χ0n) is 7.67. The zero-order valence-corrected chi connectivity index (χ0v) is 7.67. The van der Waals surface area contributed by atoms with Gasteiger partial charge in [0.25, 0.3) is 0 Å². The average molecular weight is 194 g/mol. The van der Waals surface area contributed by atoms with Crippen LogP contribution in [-0.2, 0) is 0 Å². The van der Waals surface area contributed by atoms with Crippen LogP contribution in [0.2, 0.25) is 0 Å². The number of hydrazone groups is 1. The maximum Gasteiger partial charge on any atom is 0.500 e. The first-order valence-corrected chi connectivity index (χ1v) is 4.28. The summed E-state index contributed by atoms with van der Waals surface area (Å²) in [5.41, 5.74) is 0. The van der Waals surface area contributed by atoms with E-state index in [-0.39, 0.29) is 23.4 Å². The minimum Gasteiger partial charge on any atom is -0.205 e. The molecule has 0 aliphatic carbocycles. The monoisotopic (exact) mass is 194 g/mol. The molecule has 1 aliphatic rings. The molecule has 1 rings (SSSR count). The first kappa shape index (κ1) is 10.3. The van der Waals surface area contributed by atoms with Gasteiger partial charge >= 0.3 is 6.30 Å². The predicted molar refractivity (Wildman–Crippen MR) is 44.2 cm³/mol. The lowest BCUT2D eigenvalue weighted by atomic mass is 9.92. The highest BCUT2D eigenvalue weighted by Gasteiger charge is 2.39. The lowest BCUT2D eigenvalue weighted by molar-refractivity contribution is -0.251. The lowest BCUT2D eigenvalue weighted by Crippen LogP contribution is -2.41. The first-order chi connectivity index (χ1) is 5.91. The molecule has 13 heavy (non-hydrogen) atoms. The van der Waals surface area contributed by atoms with E-state index in [4.69, 9.17) is 0 Å². The minimum atomic E-state index is -4.33. The summed E-state index contributed by atoms with van der Waals surface area (Å²) in [4.78, 5) is 0. The Morgan fingerprint density at radius 2 is 2.08 bits per heavy atom. The van der Waals surface area contributed by atoms with Crippen LogP contribution in [0.25, 0.3) is 0 Å². The highest BCUT2D eigenvalue weighted by atomic mass is 19.4. The largest absolute Gasteiger partial charge is 0.500 e. The van der Waals surface area contributed by atoms with E-state index in [1.807, 2.05) is 13.8 Å². The van der Waals surface area contributed by atoms with E-state index in [0.717, 1.165) is 0 Å². The average Bonchev–Trinajstić information content (AvgIpc) is 2.03. The van der Waals surface area contributed by atoms with Crippen molar-refractivity contribution in [2.24, 2.45) is 16.9 Å². The van der Waals surface area contributed by atoms with E-state index in [1.54, 1.807) is 0 Å². The second-order valence-electron chi connectivity index (χ2n) is 3.59. The molecule has 0 amide bonds. The van der Waals surface area contributed by atoms with Crippen LogP contribution < -0.4 is 0 Å². The van der Waals surface area contributed by atoms with Crippen molar-refractivity contribution in [1.29, 1.82) is 0 Å². The van der Waals surface area contributed by atoms with E-state index in [9.17, 15) is 13.2 Å². The molecule has 0 bridgehead atoms. The summed E-state index contributed by atoms with van der Waals surface area (Å²) in [6.07, 6.45) is -2.34. The van der Waals surface area contributed by atoms with Crippen molar-refractivity contribution in [3.8, 4) is 0 Å². The fraction of sp³-hybridized carbons (Fsp3) is 0.875. The Balaban J connectivity index is 2.62. The second kappa shape index (κ2) is 3.55. The Morgan fingerprint density at radius 3 is 2.54 bits per heavy atom. The molecule has 2 nitrogen and oxygen atoms in total. The van der Waals surface area contributed by atoms with Gasteiger partial charge in [0.15, 0.2) is 0 Å². The van der Waals surface area contributed by atoms with E-state index in [2.05, 4.69) is 5.10 Å². The van der Waals surface area contributed by atoms with Gasteiger partial charge in [-0.1, -0.05) is 13.8 Å². The van der Waals surface area contributed by atoms with Gasteiger partial charge in [0, 0.05) is 12.8 Å². The van der Waals surface area contributed by atoms with E-state index in [1.165, 1.54) is 6.21 Å². The van der Waals surface area contributed by atoms with Crippen molar-refractivity contribution in [1.82, 2.24) is 5.01 Å². The SMILES string of the molecule is CC(C)C1CC=NN(C(F)(F)F)C1. The van der Waals surface area contributed by atoms with Crippen molar-refractivity contribution in [2.75, 3.05) is 6.54 Å². The number of alkyl halides is 3. The smallest absolute Gasteiger partial charge is 0.205 e. The summed E-state index contributed by atoms with van der Waals surface area (Å²) in [6, 6.07) is 0. The van der Waals surface area contributed by atoms with Crippen molar-refractivity contribution in [2.45, 2.75) is 26.6 Å². The Bertz CT molecular complexity index is 198. The molecule has 0 aromatic heterocycles. The second-order valence-corrected chi connectivity index (χ2v) is 3.59. The topological polar surface area (TPSA) is 15.6 Å². The van der Waals surface area contributed by atoms with Gasteiger partial charge < -0.3 is 0 Å². The van der Waals surface area contributed by atoms with Crippen LogP contribution in [0.1, 0.15) is 20.3 Å². The molecule has 0 radical (unpaired) electrons. The van der Waals surface area contributed by atoms with E-state index < -0.39 is 6.30 Å². The predicted octanol–water partition coefficient (Wildman–Crippen LogP) is 2.47. The number of hydrogen-bond donors (Lipinski definition) is 0. The van der Waals surface area contributed by atoms with Gasteiger partial charge in [-0.15, -0.1) is 13.2 Å². The fourth-order valence-corrected chi connectivity index (χ4v) is 1.28. The highest BCUT2D eigenvalue weighted by Crippen LogP contribution is 2.28. The van der Waals surface area contributed by atoms with Crippen molar-refractivity contribution < 1.29 is 13.2 Å². The quantitative estimate of drug-likeness (QED) is 0.585. The van der Waals surface area contributed by atoms with Crippen molar-refractivity contribution >= 4 is 6.21 Å². The Morgan fingerprint density at radius 1 is 1.46 bits per heavy atom. The third-order valence-electron chi connectivity index (χ3n) is 2.27. The molecule has 1 aliphatic heterocycles. The fourth-order valence-electron chi connectivity index (χ4n) is 1.28. The molecule has 5 heteroatoms. The standard InChI is InChI=1S/C8H13F3N2/c1-6(2)7-3-4-12-13(5-7)8(9,10)11/h4,6-7H,3,5H2,1-2H3. The van der Waals surface area contributed by atoms with Crippen LogP contribution >= 0.6 is 0 Å². The van der Waals surface area contributed by atoms with Crippen molar-refractivity contribution in [3.63, 3.8) is 0 Å². The van der Waals surface area contributed by atoms with Gasteiger partial charge in [0.05, 0.1) is 0 Å². The van der Waals surface area contributed by atoms with E-state index >= 15 is 0 Å². The Hall–Kier alpha value is -0.740. The molecular formula is C8H13F3N2. The van der Waals surface area contributed by atoms with E-state index in [0.29, 0.717) is 6.42 Å². The van der Waals surface area contributed by atoms with Crippen molar-refractivity contribution in [3.05, 3.63) is 0 Å². The summed E-state index contributed by atoms with van der Waals surface area (Å²) in [5, 5.41) is 3.53. The minimum absolute atomic E-state index is 0.0162. The summed E-state index contributed by atoms with van der Waals surface area (Å²) >= 11 is 0.